The normalized spacial score (nSPS) is 15.9. The Kier molecular flexibility index (Phi) is 13.4. The summed E-state index contributed by atoms with van der Waals surface area (Å²) in [7, 11) is 0. The Morgan fingerprint density at radius 2 is 1.52 bits per heavy atom. The third-order valence-corrected chi connectivity index (χ3v) is 9.99. The number of aliphatic hydroxyl groups is 1. The molecule has 1 fully saturated rings. The molecule has 4 N–H and O–H groups in total. The molecule has 0 heterocycles. The zero-order valence-electron chi connectivity index (χ0n) is 29.6. The van der Waals surface area contributed by atoms with Crippen molar-refractivity contribution < 1.29 is 33.8 Å². The number of esters is 1. The summed E-state index contributed by atoms with van der Waals surface area (Å²) in [6, 6.07) is 24.0. The van der Waals surface area contributed by atoms with Crippen molar-refractivity contribution in [3.63, 3.8) is 0 Å². The first-order valence-corrected chi connectivity index (χ1v) is 18.1. The average Bonchev–Trinajstić information content (AvgIpc) is 3.76. The smallest absolute Gasteiger partial charge is 0.407 e. The van der Waals surface area contributed by atoms with Crippen LogP contribution >= 0.6 is 0 Å². The number of hydrogen-bond acceptors (Lipinski definition) is 7. The Labute approximate surface area is 305 Å². The van der Waals surface area contributed by atoms with Gasteiger partial charge in [-0.15, -0.1) is 13.2 Å². The van der Waals surface area contributed by atoms with Crippen molar-refractivity contribution in [3.8, 4) is 11.1 Å². The molecular weight excluding hydrogens is 658 g/mol. The Morgan fingerprint density at radius 1 is 0.885 bits per heavy atom. The Morgan fingerprint density at radius 3 is 2.13 bits per heavy atom. The van der Waals surface area contributed by atoms with Crippen LogP contribution in [0.1, 0.15) is 80.1 Å². The van der Waals surface area contributed by atoms with Crippen LogP contribution in [0.2, 0.25) is 0 Å². The van der Waals surface area contributed by atoms with Crippen LogP contribution in [0.15, 0.2) is 104 Å². The van der Waals surface area contributed by atoms with Gasteiger partial charge in [-0.3, -0.25) is 9.59 Å². The van der Waals surface area contributed by atoms with Crippen molar-refractivity contribution in [2.75, 3.05) is 19.8 Å². The summed E-state index contributed by atoms with van der Waals surface area (Å²) >= 11 is 0. The molecule has 10 heteroatoms. The van der Waals surface area contributed by atoms with E-state index in [1.54, 1.807) is 36.4 Å². The van der Waals surface area contributed by atoms with Gasteiger partial charge in [-0.1, -0.05) is 104 Å². The van der Waals surface area contributed by atoms with Crippen molar-refractivity contribution in [1.82, 2.24) is 16.0 Å². The van der Waals surface area contributed by atoms with Gasteiger partial charge in [0.1, 0.15) is 18.8 Å². The molecule has 3 aromatic carbocycles. The van der Waals surface area contributed by atoms with E-state index in [1.165, 1.54) is 0 Å². The molecule has 274 valence electrons. The van der Waals surface area contributed by atoms with E-state index in [-0.39, 0.29) is 50.8 Å². The minimum atomic E-state index is -1.04. The first-order valence-electron chi connectivity index (χ1n) is 18.1. The fourth-order valence-corrected chi connectivity index (χ4v) is 7.20. The highest BCUT2D eigenvalue weighted by Crippen LogP contribution is 2.44. The molecule has 0 aromatic heterocycles. The summed E-state index contributed by atoms with van der Waals surface area (Å²) < 4.78 is 11.7. The molecule has 52 heavy (non-hydrogen) atoms. The molecule has 3 atom stereocenters. The third kappa shape index (κ3) is 9.55. The molecule has 3 aromatic rings. The summed E-state index contributed by atoms with van der Waals surface area (Å²) in [6.45, 7) is 7.39. The molecule has 2 aliphatic carbocycles. The van der Waals surface area contributed by atoms with Crippen molar-refractivity contribution >= 4 is 23.9 Å². The number of nitrogens with one attached hydrogen (secondary N) is 3. The highest BCUT2D eigenvalue weighted by atomic mass is 16.6. The first kappa shape index (κ1) is 38.0. The van der Waals surface area contributed by atoms with Crippen LogP contribution in [0, 0.1) is 5.92 Å². The molecular formula is C42H49N3O7. The van der Waals surface area contributed by atoms with Gasteiger partial charge in [0.25, 0.3) is 0 Å². The van der Waals surface area contributed by atoms with Crippen molar-refractivity contribution in [2.24, 2.45) is 5.92 Å². The van der Waals surface area contributed by atoms with Gasteiger partial charge in [-0.25, -0.2) is 9.59 Å². The number of carbonyl (C=O) groups is 4. The van der Waals surface area contributed by atoms with Crippen molar-refractivity contribution in [1.29, 1.82) is 0 Å². The average molecular weight is 708 g/mol. The largest absolute Gasteiger partial charge is 0.454 e. The van der Waals surface area contributed by atoms with E-state index in [9.17, 15) is 24.3 Å². The summed E-state index contributed by atoms with van der Waals surface area (Å²) in [6.07, 6.45) is 5.68. The quantitative estimate of drug-likeness (QED) is 0.0903. The van der Waals surface area contributed by atoms with Crippen LogP contribution in [0.25, 0.3) is 11.1 Å². The Bertz CT molecular complexity index is 1670. The van der Waals surface area contributed by atoms with E-state index in [4.69, 9.17) is 9.47 Å². The minimum Gasteiger partial charge on any atom is -0.454 e. The lowest BCUT2D eigenvalue weighted by Crippen LogP contribution is -2.50. The van der Waals surface area contributed by atoms with Gasteiger partial charge in [0.2, 0.25) is 11.8 Å². The van der Waals surface area contributed by atoms with Gasteiger partial charge in [-0.05, 0) is 59.9 Å². The number of fused-ring (bicyclic) bond motifs is 3. The van der Waals surface area contributed by atoms with E-state index >= 15 is 0 Å². The van der Waals surface area contributed by atoms with E-state index < -0.39 is 41.6 Å². The standard InChI is InChI=1S/C42H49N3O7/c1-3-5-22-36(44-41(50)51-27-35-33-20-11-9-18-31(33)32-19-10-12-21-34(32)35)40(49)52-37(29-16-7-6-8-17-29)26-43-39(48)30(15-4-2)25-38(47)45-42(28-46)23-13-14-24-42/h3-4,6-12,16-21,30,35-37,46H,1-2,5,13-15,22-28H2,(H,43,48)(H,44,50)(H,45,47)/t30-,36+,37-/m1/s1. The van der Waals surface area contributed by atoms with Gasteiger partial charge in [0, 0.05) is 12.3 Å². The maximum absolute atomic E-state index is 13.7. The SMILES string of the molecule is C=CCC[C@H](NC(=O)OCC1c2ccccc2-c2ccccc21)C(=O)O[C@H](CNC(=O)[C@H](CC=C)CC(=O)NC1(CO)CCCC1)c1ccccc1. The molecule has 0 aliphatic heterocycles. The van der Waals surface area contributed by atoms with Crippen LogP contribution in [0.4, 0.5) is 4.79 Å². The minimum absolute atomic E-state index is 0.0659. The molecule has 0 unspecified atom stereocenters. The highest BCUT2D eigenvalue weighted by Gasteiger charge is 2.36. The van der Waals surface area contributed by atoms with Crippen LogP contribution in [0.3, 0.4) is 0 Å². The van der Waals surface area contributed by atoms with E-state index in [2.05, 4.69) is 41.2 Å². The first-order chi connectivity index (χ1) is 25.3. The zero-order valence-corrected chi connectivity index (χ0v) is 29.6. The predicted molar refractivity (Wildman–Crippen MR) is 199 cm³/mol. The second kappa shape index (κ2) is 18.3. The number of benzene rings is 3. The number of hydrogen-bond donors (Lipinski definition) is 4. The van der Waals surface area contributed by atoms with Crippen LogP contribution < -0.4 is 16.0 Å². The number of aliphatic hydroxyl groups excluding tert-OH is 1. The molecule has 2 aliphatic rings. The Balaban J connectivity index is 1.22. The van der Waals surface area contributed by atoms with Gasteiger partial charge in [0.15, 0.2) is 0 Å². The third-order valence-electron chi connectivity index (χ3n) is 9.99. The van der Waals surface area contributed by atoms with E-state index in [0.29, 0.717) is 24.8 Å². The Hall–Kier alpha value is -5.22. The van der Waals surface area contributed by atoms with Gasteiger partial charge < -0.3 is 30.5 Å². The summed E-state index contributed by atoms with van der Waals surface area (Å²) in [4.78, 5) is 53.2. The number of ether oxygens (including phenoxy) is 2. The van der Waals surface area contributed by atoms with Gasteiger partial charge in [0.05, 0.1) is 24.6 Å². The van der Waals surface area contributed by atoms with Gasteiger partial charge >= 0.3 is 12.1 Å². The zero-order chi connectivity index (χ0) is 36.9. The lowest BCUT2D eigenvalue weighted by molar-refractivity contribution is -0.152. The molecule has 10 nitrogen and oxygen atoms in total. The maximum Gasteiger partial charge on any atom is 0.407 e. The van der Waals surface area contributed by atoms with Crippen molar-refractivity contribution in [3.05, 3.63) is 121 Å². The van der Waals surface area contributed by atoms with E-state index in [1.807, 2.05) is 42.5 Å². The lowest BCUT2D eigenvalue weighted by Gasteiger charge is -2.29. The predicted octanol–water partition coefficient (Wildman–Crippen LogP) is 6.26. The molecule has 0 saturated heterocycles. The number of carbonyl (C=O) groups excluding carboxylic acids is 4. The molecule has 0 bridgehead atoms. The second-order valence-electron chi connectivity index (χ2n) is 13.6. The number of alkyl carbamates (subject to hydrolysis) is 1. The monoisotopic (exact) mass is 707 g/mol. The van der Waals surface area contributed by atoms with Gasteiger partial charge in [-0.2, -0.15) is 0 Å². The molecule has 1 saturated carbocycles. The van der Waals surface area contributed by atoms with Crippen LogP contribution in [-0.2, 0) is 23.9 Å². The summed E-state index contributed by atoms with van der Waals surface area (Å²) in [5.41, 5.74) is 4.36. The molecule has 0 spiro atoms. The second-order valence-corrected chi connectivity index (χ2v) is 13.6. The van der Waals surface area contributed by atoms with Crippen molar-refractivity contribution in [2.45, 2.75) is 75.0 Å². The number of amides is 3. The fourth-order valence-electron chi connectivity index (χ4n) is 7.20. The summed E-state index contributed by atoms with van der Waals surface area (Å²) in [5, 5.41) is 18.4. The lowest BCUT2D eigenvalue weighted by atomic mass is 9.95. The number of allylic oxidation sites excluding steroid dienone is 2. The highest BCUT2D eigenvalue weighted by molar-refractivity contribution is 5.86. The molecule has 0 radical (unpaired) electrons. The molecule has 5 rings (SSSR count). The van der Waals surface area contributed by atoms with Crippen LogP contribution in [-0.4, -0.2) is 60.3 Å². The fraction of sp³-hybridized carbons (Fsp3) is 0.381. The summed E-state index contributed by atoms with van der Waals surface area (Å²) in [5.74, 6) is -2.24. The van der Waals surface area contributed by atoms with Crippen LogP contribution in [0.5, 0.6) is 0 Å². The topological polar surface area (TPSA) is 143 Å². The van der Waals surface area contributed by atoms with E-state index in [0.717, 1.165) is 35.1 Å². The number of rotatable bonds is 18. The molecule has 3 amide bonds. The maximum atomic E-state index is 13.7.